The van der Waals surface area contributed by atoms with Crippen molar-refractivity contribution in [3.8, 4) is 17.2 Å². The van der Waals surface area contributed by atoms with Crippen LogP contribution in [-0.4, -0.2) is 59.7 Å². The van der Waals surface area contributed by atoms with E-state index in [9.17, 15) is 8.42 Å². The number of hydrogen-bond acceptors (Lipinski definition) is 9. The monoisotopic (exact) mass is 536 g/mol. The molecule has 2 heterocycles. The smallest absolute Gasteiger partial charge is 0.243 e. The summed E-state index contributed by atoms with van der Waals surface area (Å²) in [6.07, 6.45) is 2.69. The highest BCUT2D eigenvalue weighted by atomic mass is 35.5. The minimum atomic E-state index is -4.07. The van der Waals surface area contributed by atoms with Crippen LogP contribution in [0.25, 0.3) is 5.69 Å². The predicted molar refractivity (Wildman–Crippen MR) is 134 cm³/mol. The van der Waals surface area contributed by atoms with E-state index in [2.05, 4.69) is 38.7 Å². The number of nitrogens with one attached hydrogen (secondary N) is 1. The summed E-state index contributed by atoms with van der Waals surface area (Å²) in [5, 5.41) is 7.85. The van der Waals surface area contributed by atoms with E-state index < -0.39 is 21.4 Å². The van der Waals surface area contributed by atoms with Crippen molar-refractivity contribution in [2.45, 2.75) is 44.5 Å². The van der Waals surface area contributed by atoms with E-state index in [1.54, 1.807) is 22.8 Å². The Morgan fingerprint density at radius 2 is 1.69 bits per heavy atom. The summed E-state index contributed by atoms with van der Waals surface area (Å²) >= 11 is 5.88. The number of methoxy groups -OCH3 is 3. The Labute approximate surface area is 215 Å². The average Bonchev–Trinajstić information content (AvgIpc) is 3.30. The zero-order chi connectivity index (χ0) is 26.3. The number of sulfonamides is 1. The van der Waals surface area contributed by atoms with E-state index in [-0.39, 0.29) is 23.1 Å². The first-order valence-electron chi connectivity index (χ1n) is 11.2. The van der Waals surface area contributed by atoms with Crippen LogP contribution in [0.1, 0.15) is 50.9 Å². The zero-order valence-corrected chi connectivity index (χ0v) is 22.5. The van der Waals surface area contributed by atoms with Crippen molar-refractivity contribution >= 4 is 27.6 Å². The molecule has 194 valence electrons. The van der Waals surface area contributed by atoms with Gasteiger partial charge in [-0.3, -0.25) is 9.29 Å². The molecule has 3 aromatic rings. The number of nitrogens with zero attached hydrogens (tertiary/aromatic N) is 5. The number of aromatic nitrogens is 5. The molecule has 1 fully saturated rings. The summed E-state index contributed by atoms with van der Waals surface area (Å²) in [7, 11) is 0.391. The standard InChI is InChI=1S/C23H29ClN6O5S/c1-13(19(35-6)20-25-11-14(24)12-26-20)36(31,32)29-22-28-27-21(15-10-23(15,2)3)30(22)18-16(33-4)8-7-9-17(18)34-5/h7-9,11-13,15,19H,10H2,1-6H3,(H,28,29)/t13-,15+,19-/m0/s1. The molecule has 0 aliphatic heterocycles. The van der Waals surface area contributed by atoms with Crippen LogP contribution in [0.4, 0.5) is 5.95 Å². The molecule has 36 heavy (non-hydrogen) atoms. The van der Waals surface area contributed by atoms with Gasteiger partial charge >= 0.3 is 0 Å². The van der Waals surface area contributed by atoms with Gasteiger partial charge in [-0.25, -0.2) is 18.4 Å². The highest BCUT2D eigenvalue weighted by Crippen LogP contribution is 2.59. The lowest BCUT2D eigenvalue weighted by molar-refractivity contribution is 0.0950. The maximum absolute atomic E-state index is 13.5. The molecule has 0 spiro atoms. The van der Waals surface area contributed by atoms with Gasteiger partial charge in [-0.05, 0) is 30.9 Å². The van der Waals surface area contributed by atoms with Crippen molar-refractivity contribution in [1.82, 2.24) is 24.7 Å². The number of benzene rings is 1. The van der Waals surface area contributed by atoms with Gasteiger partial charge in [-0.1, -0.05) is 31.5 Å². The Morgan fingerprint density at radius 3 is 2.19 bits per heavy atom. The molecule has 1 aliphatic rings. The molecule has 0 unspecified atom stereocenters. The maximum atomic E-state index is 13.5. The average molecular weight is 537 g/mol. The Bertz CT molecular complexity index is 1320. The van der Waals surface area contributed by atoms with Gasteiger partial charge in [-0.2, -0.15) is 0 Å². The molecule has 0 saturated heterocycles. The van der Waals surface area contributed by atoms with Gasteiger partial charge in [0.25, 0.3) is 0 Å². The number of hydrogen-bond donors (Lipinski definition) is 1. The van der Waals surface area contributed by atoms with Crippen LogP contribution in [0.3, 0.4) is 0 Å². The Balaban J connectivity index is 1.78. The van der Waals surface area contributed by atoms with Gasteiger partial charge in [0.1, 0.15) is 34.4 Å². The fourth-order valence-electron chi connectivity index (χ4n) is 4.13. The fourth-order valence-corrected chi connectivity index (χ4v) is 5.36. The third-order valence-corrected chi connectivity index (χ3v) is 8.33. The van der Waals surface area contributed by atoms with Crippen LogP contribution >= 0.6 is 11.6 Å². The topological polar surface area (TPSA) is 130 Å². The molecular formula is C23H29ClN6O5S. The molecule has 1 aliphatic carbocycles. The van der Waals surface area contributed by atoms with E-state index in [1.807, 2.05) is 0 Å². The third kappa shape index (κ3) is 4.84. The molecule has 1 saturated carbocycles. The third-order valence-electron chi connectivity index (χ3n) is 6.44. The summed E-state index contributed by atoms with van der Waals surface area (Å²) in [4.78, 5) is 8.25. The first-order chi connectivity index (χ1) is 17.0. The first-order valence-corrected chi connectivity index (χ1v) is 13.1. The quantitative estimate of drug-likeness (QED) is 0.411. The molecular weight excluding hydrogens is 508 g/mol. The van der Waals surface area contributed by atoms with Crippen molar-refractivity contribution < 1.29 is 22.6 Å². The SMILES string of the molecule is COc1cccc(OC)c1-n1c(NS(=O)(=O)[C@@H](C)[C@H](OC)c2ncc(Cl)cn2)nnc1[C@H]1CC1(C)C. The van der Waals surface area contributed by atoms with Crippen LogP contribution in [0, 0.1) is 5.41 Å². The maximum Gasteiger partial charge on any atom is 0.243 e. The Kier molecular flexibility index (Phi) is 7.13. The van der Waals surface area contributed by atoms with Crippen molar-refractivity contribution in [2.75, 3.05) is 26.1 Å². The van der Waals surface area contributed by atoms with Crippen molar-refractivity contribution in [3.63, 3.8) is 0 Å². The molecule has 11 nitrogen and oxygen atoms in total. The van der Waals surface area contributed by atoms with E-state index in [0.29, 0.717) is 28.0 Å². The molecule has 1 aromatic carbocycles. The fraction of sp³-hybridized carbons (Fsp3) is 0.478. The molecule has 3 atom stereocenters. The lowest BCUT2D eigenvalue weighted by atomic mass is 10.1. The van der Waals surface area contributed by atoms with Crippen LogP contribution in [0.5, 0.6) is 11.5 Å². The lowest BCUT2D eigenvalue weighted by Gasteiger charge is -2.23. The summed E-state index contributed by atoms with van der Waals surface area (Å²) in [6.45, 7) is 5.75. The largest absolute Gasteiger partial charge is 0.494 e. The Morgan fingerprint density at radius 1 is 1.11 bits per heavy atom. The number of ether oxygens (including phenoxy) is 3. The summed E-state index contributed by atoms with van der Waals surface area (Å²) < 4.78 is 48.0. The minimum Gasteiger partial charge on any atom is -0.494 e. The van der Waals surface area contributed by atoms with Crippen LogP contribution in [0.15, 0.2) is 30.6 Å². The molecule has 0 radical (unpaired) electrons. The van der Waals surface area contributed by atoms with Gasteiger partial charge in [0, 0.05) is 25.4 Å². The van der Waals surface area contributed by atoms with Gasteiger partial charge in [-0.15, -0.1) is 10.2 Å². The highest BCUT2D eigenvalue weighted by molar-refractivity contribution is 7.93. The number of halogens is 1. The van der Waals surface area contributed by atoms with Crippen molar-refractivity contribution in [2.24, 2.45) is 5.41 Å². The van der Waals surface area contributed by atoms with Crippen LogP contribution < -0.4 is 14.2 Å². The van der Waals surface area contributed by atoms with E-state index in [4.69, 9.17) is 25.8 Å². The summed E-state index contributed by atoms with van der Waals surface area (Å²) in [6, 6.07) is 5.31. The second kappa shape index (κ2) is 9.83. The minimum absolute atomic E-state index is 0.00343. The van der Waals surface area contributed by atoms with Crippen molar-refractivity contribution in [3.05, 3.63) is 47.3 Å². The van der Waals surface area contributed by atoms with Crippen LogP contribution in [0.2, 0.25) is 5.02 Å². The molecule has 2 aromatic heterocycles. The van der Waals surface area contributed by atoms with Gasteiger partial charge in [0.15, 0.2) is 5.82 Å². The van der Waals surface area contributed by atoms with Gasteiger partial charge in [0.05, 0.1) is 19.2 Å². The molecule has 0 amide bonds. The van der Waals surface area contributed by atoms with Gasteiger partial charge in [0.2, 0.25) is 16.0 Å². The van der Waals surface area contributed by atoms with Crippen LogP contribution in [-0.2, 0) is 14.8 Å². The lowest BCUT2D eigenvalue weighted by Crippen LogP contribution is -2.33. The van der Waals surface area contributed by atoms with E-state index in [0.717, 1.165) is 6.42 Å². The van der Waals surface area contributed by atoms with Crippen molar-refractivity contribution in [1.29, 1.82) is 0 Å². The molecule has 4 rings (SSSR count). The number of anilines is 1. The normalized spacial score (nSPS) is 18.4. The summed E-state index contributed by atoms with van der Waals surface area (Å²) in [5.74, 6) is 1.84. The summed E-state index contributed by atoms with van der Waals surface area (Å²) in [5.41, 5.74) is 0.496. The van der Waals surface area contributed by atoms with Gasteiger partial charge < -0.3 is 14.2 Å². The molecule has 1 N–H and O–H groups in total. The Hall–Kier alpha value is -2.96. The zero-order valence-electron chi connectivity index (χ0n) is 20.9. The highest BCUT2D eigenvalue weighted by Gasteiger charge is 2.50. The van der Waals surface area contributed by atoms with E-state index in [1.165, 1.54) is 40.6 Å². The molecule has 13 heteroatoms. The van der Waals surface area contributed by atoms with E-state index >= 15 is 0 Å². The second-order valence-corrected chi connectivity index (χ2v) is 11.7. The predicted octanol–water partition coefficient (Wildman–Crippen LogP) is 3.76. The second-order valence-electron chi connectivity index (χ2n) is 9.24. The molecule has 0 bridgehead atoms. The number of para-hydroxylation sites is 1. The number of rotatable bonds is 10. The first kappa shape index (κ1) is 26.1.